The van der Waals surface area contributed by atoms with Crippen LogP contribution in [0.15, 0.2) is 51.9 Å². The zero-order valence-corrected chi connectivity index (χ0v) is 17.5. The van der Waals surface area contributed by atoms with Gasteiger partial charge in [0.05, 0.1) is 12.2 Å². The summed E-state index contributed by atoms with van der Waals surface area (Å²) in [5.41, 5.74) is 3.28. The van der Waals surface area contributed by atoms with Gasteiger partial charge in [-0.1, -0.05) is 34.1 Å². The highest BCUT2D eigenvalue weighted by atomic mass is 127. The monoisotopic (exact) mass is 488 g/mol. The molecule has 0 aliphatic carbocycles. The van der Waals surface area contributed by atoms with Crippen molar-refractivity contribution in [3.05, 3.63) is 63.9 Å². The summed E-state index contributed by atoms with van der Waals surface area (Å²) >= 11 is 3.45. The van der Waals surface area contributed by atoms with Crippen molar-refractivity contribution in [1.29, 1.82) is 0 Å². The molecule has 0 amide bonds. The maximum Gasteiger partial charge on any atom is 0.194 e. The molecule has 0 radical (unpaired) electrons. The van der Waals surface area contributed by atoms with Gasteiger partial charge in [0.25, 0.3) is 0 Å². The van der Waals surface area contributed by atoms with Crippen molar-refractivity contribution >= 4 is 45.9 Å². The Hall–Kier alpha value is -1.15. The molecular weight excluding hydrogens is 467 g/mol. The molecule has 1 N–H and O–H groups in total. The first kappa shape index (κ1) is 19.9. The second kappa shape index (κ2) is 9.87. The first-order valence-corrected chi connectivity index (χ1v) is 7.96. The molecule has 6 heteroatoms. The standard InChI is InChI=1S/C17H21BrN4.HI/c1-13-5-4-6-16(21-13)11-20-17(19-2)22(3)12-14-7-9-15(18)10-8-14;/h4-10H,11-12H2,1-3H3,(H,19,20);1H. The van der Waals surface area contributed by atoms with Gasteiger partial charge in [-0.15, -0.1) is 24.0 Å². The number of aromatic nitrogens is 1. The molecule has 23 heavy (non-hydrogen) atoms. The Balaban J connectivity index is 0.00000264. The average molecular weight is 489 g/mol. The maximum atomic E-state index is 4.49. The molecule has 2 rings (SSSR count). The van der Waals surface area contributed by atoms with Crippen LogP contribution < -0.4 is 5.32 Å². The number of pyridine rings is 1. The van der Waals surface area contributed by atoms with Gasteiger partial charge < -0.3 is 10.2 Å². The van der Waals surface area contributed by atoms with Crippen LogP contribution in [-0.2, 0) is 13.1 Å². The van der Waals surface area contributed by atoms with E-state index in [2.05, 4.69) is 60.4 Å². The number of nitrogens with one attached hydrogen (secondary N) is 1. The lowest BCUT2D eigenvalue weighted by Crippen LogP contribution is -2.38. The maximum absolute atomic E-state index is 4.49. The predicted octanol–water partition coefficient (Wildman–Crippen LogP) is 3.98. The van der Waals surface area contributed by atoms with E-state index in [9.17, 15) is 0 Å². The van der Waals surface area contributed by atoms with Crippen molar-refractivity contribution < 1.29 is 0 Å². The molecule has 0 unspecified atom stereocenters. The van der Waals surface area contributed by atoms with Gasteiger partial charge in [-0.2, -0.15) is 0 Å². The van der Waals surface area contributed by atoms with E-state index in [1.807, 2.05) is 32.2 Å². The number of nitrogens with zero attached hydrogens (tertiary/aromatic N) is 3. The van der Waals surface area contributed by atoms with E-state index in [0.717, 1.165) is 28.4 Å². The Kier molecular flexibility index (Phi) is 8.54. The Morgan fingerprint density at radius 3 is 2.52 bits per heavy atom. The number of guanidine groups is 1. The number of rotatable bonds is 4. The van der Waals surface area contributed by atoms with E-state index in [0.29, 0.717) is 6.54 Å². The molecular formula is C17H22BrIN4. The molecule has 1 aromatic carbocycles. The minimum atomic E-state index is 0. The van der Waals surface area contributed by atoms with Gasteiger partial charge in [-0.05, 0) is 36.8 Å². The molecule has 1 aromatic heterocycles. The third kappa shape index (κ3) is 6.47. The van der Waals surface area contributed by atoms with Crippen molar-refractivity contribution in [2.45, 2.75) is 20.0 Å². The zero-order chi connectivity index (χ0) is 15.9. The van der Waals surface area contributed by atoms with Crippen molar-refractivity contribution in [1.82, 2.24) is 15.2 Å². The Bertz CT molecular complexity index is 643. The fraction of sp³-hybridized carbons (Fsp3) is 0.294. The molecule has 0 aliphatic rings. The smallest absolute Gasteiger partial charge is 0.194 e. The second-order valence-corrected chi connectivity index (χ2v) is 6.07. The van der Waals surface area contributed by atoms with E-state index < -0.39 is 0 Å². The molecule has 0 spiro atoms. The van der Waals surface area contributed by atoms with Crippen LogP contribution in [0.5, 0.6) is 0 Å². The van der Waals surface area contributed by atoms with Gasteiger partial charge in [0.15, 0.2) is 5.96 Å². The van der Waals surface area contributed by atoms with Gasteiger partial charge in [0.1, 0.15) is 0 Å². The Morgan fingerprint density at radius 2 is 1.91 bits per heavy atom. The van der Waals surface area contributed by atoms with Gasteiger partial charge >= 0.3 is 0 Å². The van der Waals surface area contributed by atoms with Crippen LogP contribution in [0.4, 0.5) is 0 Å². The van der Waals surface area contributed by atoms with Crippen LogP contribution in [0.2, 0.25) is 0 Å². The molecule has 124 valence electrons. The number of hydrogen-bond acceptors (Lipinski definition) is 2. The first-order valence-electron chi connectivity index (χ1n) is 7.17. The van der Waals surface area contributed by atoms with Gasteiger partial charge in [0, 0.05) is 30.8 Å². The fourth-order valence-electron chi connectivity index (χ4n) is 2.19. The lowest BCUT2D eigenvalue weighted by Gasteiger charge is -2.22. The first-order chi connectivity index (χ1) is 10.6. The van der Waals surface area contributed by atoms with Crippen molar-refractivity contribution in [3.8, 4) is 0 Å². The average Bonchev–Trinajstić information content (AvgIpc) is 2.50. The van der Waals surface area contributed by atoms with Crippen LogP contribution in [0.3, 0.4) is 0 Å². The van der Waals surface area contributed by atoms with E-state index in [-0.39, 0.29) is 24.0 Å². The van der Waals surface area contributed by atoms with Crippen molar-refractivity contribution in [2.24, 2.45) is 4.99 Å². The van der Waals surface area contributed by atoms with Gasteiger partial charge in [0.2, 0.25) is 0 Å². The Morgan fingerprint density at radius 1 is 1.22 bits per heavy atom. The molecule has 1 heterocycles. The van der Waals surface area contributed by atoms with E-state index in [1.165, 1.54) is 5.56 Å². The molecule has 0 aliphatic heterocycles. The summed E-state index contributed by atoms with van der Waals surface area (Å²) in [4.78, 5) is 10.9. The highest BCUT2D eigenvalue weighted by molar-refractivity contribution is 14.0. The third-order valence-corrected chi connectivity index (χ3v) is 3.81. The molecule has 0 bridgehead atoms. The van der Waals surface area contributed by atoms with Crippen LogP contribution in [-0.4, -0.2) is 29.9 Å². The number of aryl methyl sites for hydroxylation is 1. The van der Waals surface area contributed by atoms with E-state index in [1.54, 1.807) is 7.05 Å². The zero-order valence-electron chi connectivity index (χ0n) is 13.6. The lowest BCUT2D eigenvalue weighted by molar-refractivity contribution is 0.476. The largest absolute Gasteiger partial charge is 0.351 e. The summed E-state index contributed by atoms with van der Waals surface area (Å²) in [5.74, 6) is 0.853. The molecule has 2 aromatic rings. The van der Waals surface area contributed by atoms with Crippen molar-refractivity contribution in [2.75, 3.05) is 14.1 Å². The molecule has 0 saturated heterocycles. The van der Waals surface area contributed by atoms with Crippen LogP contribution in [0, 0.1) is 6.92 Å². The van der Waals surface area contributed by atoms with Gasteiger partial charge in [-0.3, -0.25) is 9.98 Å². The topological polar surface area (TPSA) is 40.5 Å². The minimum Gasteiger partial charge on any atom is -0.351 e. The second-order valence-electron chi connectivity index (χ2n) is 5.15. The van der Waals surface area contributed by atoms with Crippen molar-refractivity contribution in [3.63, 3.8) is 0 Å². The highest BCUT2D eigenvalue weighted by Gasteiger charge is 2.07. The summed E-state index contributed by atoms with van der Waals surface area (Å²) in [7, 11) is 3.82. The summed E-state index contributed by atoms with van der Waals surface area (Å²) in [5, 5.41) is 3.35. The third-order valence-electron chi connectivity index (χ3n) is 3.28. The number of hydrogen-bond donors (Lipinski definition) is 1. The summed E-state index contributed by atoms with van der Waals surface area (Å²) in [6.07, 6.45) is 0. The fourth-order valence-corrected chi connectivity index (χ4v) is 2.46. The van der Waals surface area contributed by atoms with E-state index >= 15 is 0 Å². The normalized spacial score (nSPS) is 10.9. The quantitative estimate of drug-likeness (QED) is 0.402. The molecule has 0 atom stereocenters. The number of benzene rings is 1. The minimum absolute atomic E-state index is 0. The van der Waals surface area contributed by atoms with E-state index in [4.69, 9.17) is 0 Å². The predicted molar refractivity (Wildman–Crippen MR) is 110 cm³/mol. The lowest BCUT2D eigenvalue weighted by atomic mass is 10.2. The summed E-state index contributed by atoms with van der Waals surface area (Å²) < 4.78 is 1.09. The SMILES string of the molecule is CN=C(NCc1cccc(C)n1)N(C)Cc1ccc(Br)cc1.I. The van der Waals surface area contributed by atoms with Crippen LogP contribution >= 0.6 is 39.9 Å². The summed E-state index contributed by atoms with van der Waals surface area (Å²) in [6, 6.07) is 14.4. The number of aliphatic imine (C=N–C) groups is 1. The Labute approximate surface area is 163 Å². The van der Waals surface area contributed by atoms with Gasteiger partial charge in [-0.25, -0.2) is 0 Å². The van der Waals surface area contributed by atoms with Crippen LogP contribution in [0.1, 0.15) is 17.0 Å². The molecule has 0 fully saturated rings. The van der Waals surface area contributed by atoms with Crippen LogP contribution in [0.25, 0.3) is 0 Å². The summed E-state index contributed by atoms with van der Waals surface area (Å²) in [6.45, 7) is 3.46. The number of halogens is 2. The highest BCUT2D eigenvalue weighted by Crippen LogP contribution is 2.11. The molecule has 0 saturated carbocycles. The molecule has 4 nitrogen and oxygen atoms in total.